The number of halogens is 1. The Hall–Kier alpha value is -1.95. The predicted octanol–water partition coefficient (Wildman–Crippen LogP) is 1.42. The van der Waals surface area contributed by atoms with E-state index in [0.29, 0.717) is 0 Å². The maximum Gasteiger partial charge on any atom is 0.306 e. The van der Waals surface area contributed by atoms with Gasteiger partial charge in [0.25, 0.3) is 5.91 Å². The van der Waals surface area contributed by atoms with Crippen LogP contribution in [0.5, 0.6) is 0 Å². The first-order valence-corrected chi connectivity index (χ1v) is 5.82. The Balaban J connectivity index is 2.27. The number of aliphatic carboxylic acids is 1. The Kier molecular flexibility index (Phi) is 3.53. The number of anilines is 1. The fourth-order valence-corrected chi connectivity index (χ4v) is 2.10. The summed E-state index contributed by atoms with van der Waals surface area (Å²) in [6.45, 7) is 1.36. The Bertz CT molecular complexity index is 519. The van der Waals surface area contributed by atoms with Crippen LogP contribution >= 0.6 is 0 Å². The van der Waals surface area contributed by atoms with Crippen LogP contribution in [-0.2, 0) is 14.3 Å². The van der Waals surface area contributed by atoms with Crippen LogP contribution in [-0.4, -0.2) is 35.7 Å². The number of carbonyl (C=O) groups excluding carboxylic acids is 1. The first-order chi connectivity index (χ1) is 8.91. The van der Waals surface area contributed by atoms with E-state index in [1.165, 1.54) is 23.1 Å². The molecule has 6 heteroatoms. The number of nitrogens with zero attached hydrogens (tertiary/aromatic N) is 1. The minimum absolute atomic E-state index is 0.0130. The molecule has 0 aromatic heterocycles. The highest BCUT2D eigenvalue weighted by Gasteiger charge is 2.39. The maximum absolute atomic E-state index is 13.7. The monoisotopic (exact) mass is 267 g/mol. The lowest BCUT2D eigenvalue weighted by Gasteiger charge is -2.39. The second-order valence-electron chi connectivity index (χ2n) is 4.74. The molecule has 0 bridgehead atoms. The number of hydrogen-bond acceptors (Lipinski definition) is 3. The quantitative estimate of drug-likeness (QED) is 0.899. The zero-order chi connectivity index (χ0) is 14.0. The molecular formula is C13H14FNO4. The SMILES string of the molecule is CC1(CC(=O)O)CN(c2ccccc2F)C(=O)CO1. The molecule has 102 valence electrons. The number of amides is 1. The van der Waals surface area contributed by atoms with E-state index >= 15 is 0 Å². The van der Waals surface area contributed by atoms with E-state index in [1.54, 1.807) is 13.0 Å². The fourth-order valence-electron chi connectivity index (χ4n) is 2.10. The summed E-state index contributed by atoms with van der Waals surface area (Å²) in [5.74, 6) is -1.92. The first-order valence-electron chi connectivity index (χ1n) is 5.82. The van der Waals surface area contributed by atoms with Crippen molar-refractivity contribution in [2.45, 2.75) is 18.9 Å². The van der Waals surface area contributed by atoms with Gasteiger partial charge in [-0.1, -0.05) is 12.1 Å². The average Bonchev–Trinajstić information content (AvgIpc) is 2.32. The normalized spacial score (nSPS) is 23.5. The van der Waals surface area contributed by atoms with Gasteiger partial charge in [-0.3, -0.25) is 9.59 Å². The summed E-state index contributed by atoms with van der Waals surface area (Å²) in [6.07, 6.45) is -0.245. The third-order valence-electron chi connectivity index (χ3n) is 3.01. The molecule has 1 heterocycles. The molecule has 2 rings (SSSR count). The van der Waals surface area contributed by atoms with Gasteiger partial charge in [0.1, 0.15) is 12.4 Å². The van der Waals surface area contributed by atoms with E-state index in [4.69, 9.17) is 9.84 Å². The number of carbonyl (C=O) groups is 2. The summed E-state index contributed by atoms with van der Waals surface area (Å²) in [6, 6.07) is 5.89. The number of morpholine rings is 1. The van der Waals surface area contributed by atoms with Crippen molar-refractivity contribution in [1.29, 1.82) is 0 Å². The van der Waals surface area contributed by atoms with Crippen molar-refractivity contribution >= 4 is 17.6 Å². The maximum atomic E-state index is 13.7. The molecule has 0 saturated carbocycles. The summed E-state index contributed by atoms with van der Waals surface area (Å²) in [5.41, 5.74) is -0.866. The van der Waals surface area contributed by atoms with Crippen LogP contribution < -0.4 is 4.90 Å². The molecular weight excluding hydrogens is 253 g/mol. The van der Waals surface area contributed by atoms with Crippen molar-refractivity contribution in [3.8, 4) is 0 Å². The van der Waals surface area contributed by atoms with E-state index in [0.717, 1.165) is 0 Å². The standard InChI is InChI=1S/C13H14FNO4/c1-13(6-12(17)18)8-15(11(16)7-19-13)10-5-3-2-4-9(10)14/h2-5H,6-8H2,1H3,(H,17,18). The van der Waals surface area contributed by atoms with Crippen molar-refractivity contribution in [3.63, 3.8) is 0 Å². The second kappa shape index (κ2) is 4.97. The van der Waals surface area contributed by atoms with Crippen LogP contribution in [0.4, 0.5) is 10.1 Å². The topological polar surface area (TPSA) is 66.8 Å². The fraction of sp³-hybridized carbons (Fsp3) is 0.385. The van der Waals surface area contributed by atoms with Gasteiger partial charge in [-0.25, -0.2) is 4.39 Å². The van der Waals surface area contributed by atoms with Crippen LogP contribution in [0, 0.1) is 5.82 Å². The second-order valence-corrected chi connectivity index (χ2v) is 4.74. The third kappa shape index (κ3) is 2.90. The minimum atomic E-state index is -1.02. The molecule has 0 radical (unpaired) electrons. The van der Waals surface area contributed by atoms with E-state index in [1.807, 2.05) is 0 Å². The van der Waals surface area contributed by atoms with Gasteiger partial charge in [0, 0.05) is 0 Å². The summed E-state index contributed by atoms with van der Waals surface area (Å²) in [7, 11) is 0. The van der Waals surface area contributed by atoms with Crippen LogP contribution in [0.25, 0.3) is 0 Å². The van der Waals surface area contributed by atoms with Crippen molar-refractivity contribution in [2.75, 3.05) is 18.1 Å². The number of hydrogen-bond donors (Lipinski definition) is 1. The van der Waals surface area contributed by atoms with E-state index in [9.17, 15) is 14.0 Å². The molecule has 5 nitrogen and oxygen atoms in total. The molecule has 1 aromatic rings. The zero-order valence-electron chi connectivity index (χ0n) is 10.4. The molecule has 1 aliphatic heterocycles. The summed E-state index contributed by atoms with van der Waals surface area (Å²) >= 11 is 0. The van der Waals surface area contributed by atoms with Gasteiger partial charge < -0.3 is 14.7 Å². The molecule has 1 N–H and O–H groups in total. The summed E-state index contributed by atoms with van der Waals surface area (Å²) < 4.78 is 19.0. The van der Waals surface area contributed by atoms with Gasteiger partial charge in [0.05, 0.1) is 24.3 Å². The molecule has 0 spiro atoms. The van der Waals surface area contributed by atoms with Crippen LogP contribution in [0.1, 0.15) is 13.3 Å². The van der Waals surface area contributed by atoms with Gasteiger partial charge in [-0.2, -0.15) is 0 Å². The smallest absolute Gasteiger partial charge is 0.306 e. The molecule has 1 unspecified atom stereocenters. The number of rotatable bonds is 3. The molecule has 1 saturated heterocycles. The Morgan fingerprint density at radius 3 is 2.84 bits per heavy atom. The summed E-state index contributed by atoms with van der Waals surface area (Å²) in [5, 5.41) is 8.85. The lowest BCUT2D eigenvalue weighted by atomic mass is 9.99. The lowest BCUT2D eigenvalue weighted by Crippen LogP contribution is -2.54. The largest absolute Gasteiger partial charge is 0.481 e. The average molecular weight is 267 g/mol. The zero-order valence-corrected chi connectivity index (χ0v) is 10.4. The van der Waals surface area contributed by atoms with Gasteiger partial charge in [0.15, 0.2) is 0 Å². The molecule has 1 amide bonds. The van der Waals surface area contributed by atoms with E-state index in [2.05, 4.69) is 0 Å². The van der Waals surface area contributed by atoms with E-state index in [-0.39, 0.29) is 31.2 Å². The minimum Gasteiger partial charge on any atom is -0.481 e. The van der Waals surface area contributed by atoms with Gasteiger partial charge in [-0.05, 0) is 19.1 Å². The van der Waals surface area contributed by atoms with Crippen LogP contribution in [0.15, 0.2) is 24.3 Å². The number of carboxylic acids is 1. The van der Waals surface area contributed by atoms with Crippen molar-refractivity contribution in [3.05, 3.63) is 30.1 Å². The van der Waals surface area contributed by atoms with Gasteiger partial charge >= 0.3 is 5.97 Å². The number of benzene rings is 1. The highest BCUT2D eigenvalue weighted by atomic mass is 19.1. The Morgan fingerprint density at radius 2 is 2.21 bits per heavy atom. The molecule has 1 atom stereocenters. The first kappa shape index (κ1) is 13.5. The highest BCUT2D eigenvalue weighted by molar-refractivity contribution is 5.95. The molecule has 1 aromatic carbocycles. The Morgan fingerprint density at radius 1 is 1.53 bits per heavy atom. The molecule has 1 fully saturated rings. The summed E-state index contributed by atoms with van der Waals surface area (Å²) in [4.78, 5) is 23.9. The highest BCUT2D eigenvalue weighted by Crippen LogP contribution is 2.28. The predicted molar refractivity (Wildman–Crippen MR) is 65.4 cm³/mol. The number of carboxylic acid groups (broad SMARTS) is 1. The lowest BCUT2D eigenvalue weighted by molar-refractivity contribution is -0.151. The van der Waals surface area contributed by atoms with Crippen molar-refractivity contribution in [2.24, 2.45) is 0 Å². The van der Waals surface area contributed by atoms with Crippen molar-refractivity contribution in [1.82, 2.24) is 0 Å². The third-order valence-corrected chi connectivity index (χ3v) is 3.01. The Labute approximate surface area is 109 Å². The molecule has 0 aliphatic carbocycles. The van der Waals surface area contributed by atoms with Crippen LogP contribution in [0.3, 0.4) is 0 Å². The van der Waals surface area contributed by atoms with Gasteiger partial charge in [-0.15, -0.1) is 0 Å². The van der Waals surface area contributed by atoms with Crippen molar-refractivity contribution < 1.29 is 23.8 Å². The number of ether oxygens (including phenoxy) is 1. The molecule has 19 heavy (non-hydrogen) atoms. The van der Waals surface area contributed by atoms with Crippen LogP contribution in [0.2, 0.25) is 0 Å². The molecule has 1 aliphatic rings. The van der Waals surface area contributed by atoms with E-state index < -0.39 is 17.4 Å². The number of para-hydroxylation sites is 1. The van der Waals surface area contributed by atoms with Gasteiger partial charge in [0.2, 0.25) is 0 Å².